The van der Waals surface area contributed by atoms with E-state index in [1.807, 2.05) is 36.4 Å². The SMILES string of the molecule is CN(Cc1cc(-c2ccccc2)on1)C(=O)CC1CCOC1. The van der Waals surface area contributed by atoms with Gasteiger partial charge in [0.25, 0.3) is 0 Å². The van der Waals surface area contributed by atoms with Crippen molar-refractivity contribution < 1.29 is 14.1 Å². The molecule has 2 aromatic rings. The highest BCUT2D eigenvalue weighted by Crippen LogP contribution is 2.21. The standard InChI is InChI=1S/C17H20N2O3/c1-19(17(20)9-13-7-8-21-12-13)11-15-10-16(22-18-15)14-5-3-2-4-6-14/h2-6,10,13H,7-9,11-12H2,1H3. The molecular weight excluding hydrogens is 280 g/mol. The molecule has 1 aliphatic heterocycles. The van der Waals surface area contributed by atoms with E-state index in [1.54, 1.807) is 11.9 Å². The van der Waals surface area contributed by atoms with E-state index in [2.05, 4.69) is 5.16 Å². The Morgan fingerprint density at radius 3 is 2.91 bits per heavy atom. The minimum atomic E-state index is 0.125. The van der Waals surface area contributed by atoms with Crippen molar-refractivity contribution in [2.75, 3.05) is 20.3 Å². The molecule has 0 saturated carbocycles. The highest BCUT2D eigenvalue weighted by molar-refractivity contribution is 5.76. The fourth-order valence-electron chi connectivity index (χ4n) is 2.60. The number of rotatable bonds is 5. The summed E-state index contributed by atoms with van der Waals surface area (Å²) in [7, 11) is 1.80. The Labute approximate surface area is 129 Å². The van der Waals surface area contributed by atoms with Gasteiger partial charge in [0.1, 0.15) is 5.69 Å². The summed E-state index contributed by atoms with van der Waals surface area (Å²) < 4.78 is 10.7. The van der Waals surface area contributed by atoms with Gasteiger partial charge in [-0.15, -0.1) is 0 Å². The first kappa shape index (κ1) is 14.8. The third kappa shape index (κ3) is 3.54. The van der Waals surface area contributed by atoms with Crippen molar-refractivity contribution in [2.45, 2.75) is 19.4 Å². The molecule has 0 N–H and O–H groups in total. The van der Waals surface area contributed by atoms with E-state index in [9.17, 15) is 4.79 Å². The van der Waals surface area contributed by atoms with Crippen LogP contribution in [0.3, 0.4) is 0 Å². The van der Waals surface area contributed by atoms with Crippen molar-refractivity contribution in [1.82, 2.24) is 10.1 Å². The number of hydrogen-bond donors (Lipinski definition) is 0. The van der Waals surface area contributed by atoms with E-state index in [-0.39, 0.29) is 5.91 Å². The van der Waals surface area contributed by atoms with Crippen LogP contribution in [0, 0.1) is 5.92 Å². The van der Waals surface area contributed by atoms with Gasteiger partial charge in [0.15, 0.2) is 5.76 Å². The van der Waals surface area contributed by atoms with Gasteiger partial charge < -0.3 is 14.2 Å². The van der Waals surface area contributed by atoms with Crippen molar-refractivity contribution >= 4 is 5.91 Å². The molecule has 3 rings (SSSR count). The second-order valence-electron chi connectivity index (χ2n) is 5.73. The van der Waals surface area contributed by atoms with Crippen molar-refractivity contribution in [3.05, 3.63) is 42.1 Å². The number of ether oxygens (including phenoxy) is 1. The predicted molar refractivity (Wildman–Crippen MR) is 82.0 cm³/mol. The zero-order chi connectivity index (χ0) is 15.4. The lowest BCUT2D eigenvalue weighted by molar-refractivity contribution is -0.131. The Hall–Kier alpha value is -2.14. The van der Waals surface area contributed by atoms with Gasteiger partial charge in [-0.3, -0.25) is 4.79 Å². The lowest BCUT2D eigenvalue weighted by atomic mass is 10.0. The molecule has 22 heavy (non-hydrogen) atoms. The molecule has 0 aliphatic carbocycles. The highest BCUT2D eigenvalue weighted by Gasteiger charge is 2.21. The summed E-state index contributed by atoms with van der Waals surface area (Å²) in [5.41, 5.74) is 1.75. The molecule has 2 heterocycles. The molecule has 0 radical (unpaired) electrons. The molecule has 1 saturated heterocycles. The van der Waals surface area contributed by atoms with Crippen LogP contribution < -0.4 is 0 Å². The summed E-state index contributed by atoms with van der Waals surface area (Å²) >= 11 is 0. The molecule has 1 aromatic carbocycles. The third-order valence-electron chi connectivity index (χ3n) is 3.93. The number of nitrogens with zero attached hydrogens (tertiary/aromatic N) is 2. The molecule has 116 valence electrons. The van der Waals surface area contributed by atoms with E-state index in [0.29, 0.717) is 25.5 Å². The number of hydrogen-bond acceptors (Lipinski definition) is 4. The van der Waals surface area contributed by atoms with Crippen LogP contribution in [0.4, 0.5) is 0 Å². The minimum absolute atomic E-state index is 0.125. The quantitative estimate of drug-likeness (QED) is 0.852. The zero-order valence-corrected chi connectivity index (χ0v) is 12.7. The van der Waals surface area contributed by atoms with Gasteiger partial charge in [-0.1, -0.05) is 35.5 Å². The summed E-state index contributed by atoms with van der Waals surface area (Å²) in [6.45, 7) is 1.93. The topological polar surface area (TPSA) is 55.6 Å². The number of carbonyl (C=O) groups is 1. The van der Waals surface area contributed by atoms with Crippen LogP contribution >= 0.6 is 0 Å². The van der Waals surface area contributed by atoms with E-state index in [4.69, 9.17) is 9.26 Å². The second kappa shape index (κ2) is 6.75. The van der Waals surface area contributed by atoms with Crippen LogP contribution in [0.2, 0.25) is 0 Å². The molecule has 0 bridgehead atoms. The number of benzene rings is 1. The Morgan fingerprint density at radius 2 is 2.18 bits per heavy atom. The molecule has 1 aromatic heterocycles. The summed E-state index contributed by atoms with van der Waals surface area (Å²) in [5.74, 6) is 1.20. The molecular formula is C17H20N2O3. The Kier molecular flexibility index (Phi) is 4.53. The molecule has 5 heteroatoms. The normalized spacial score (nSPS) is 17.6. The van der Waals surface area contributed by atoms with Gasteiger partial charge >= 0.3 is 0 Å². The zero-order valence-electron chi connectivity index (χ0n) is 12.7. The van der Waals surface area contributed by atoms with E-state index < -0.39 is 0 Å². The second-order valence-corrected chi connectivity index (χ2v) is 5.73. The highest BCUT2D eigenvalue weighted by atomic mass is 16.5. The molecule has 1 atom stereocenters. The van der Waals surface area contributed by atoms with Crippen LogP contribution in [0.15, 0.2) is 40.9 Å². The Bertz CT molecular complexity index is 618. The van der Waals surface area contributed by atoms with Crippen molar-refractivity contribution in [1.29, 1.82) is 0 Å². The Morgan fingerprint density at radius 1 is 1.36 bits per heavy atom. The average molecular weight is 300 g/mol. The van der Waals surface area contributed by atoms with Crippen LogP contribution in [0.5, 0.6) is 0 Å². The van der Waals surface area contributed by atoms with Crippen molar-refractivity contribution in [3.63, 3.8) is 0 Å². The fraction of sp³-hybridized carbons (Fsp3) is 0.412. The lowest BCUT2D eigenvalue weighted by Gasteiger charge is -2.17. The fourth-order valence-corrected chi connectivity index (χ4v) is 2.60. The molecule has 0 spiro atoms. The minimum Gasteiger partial charge on any atom is -0.381 e. The number of aromatic nitrogens is 1. The van der Waals surface area contributed by atoms with Gasteiger partial charge in [0.05, 0.1) is 6.54 Å². The molecule has 1 unspecified atom stereocenters. The molecule has 1 amide bonds. The van der Waals surface area contributed by atoms with E-state index in [0.717, 1.165) is 30.0 Å². The predicted octanol–water partition coefficient (Wildman–Crippen LogP) is 2.73. The summed E-state index contributed by atoms with van der Waals surface area (Å²) in [4.78, 5) is 13.9. The average Bonchev–Trinajstić information content (AvgIpc) is 3.20. The van der Waals surface area contributed by atoms with Crippen LogP contribution in [0.1, 0.15) is 18.5 Å². The number of carbonyl (C=O) groups excluding carboxylic acids is 1. The van der Waals surface area contributed by atoms with Gasteiger partial charge in [-0.05, 0) is 12.3 Å². The van der Waals surface area contributed by atoms with Crippen molar-refractivity contribution in [2.24, 2.45) is 5.92 Å². The smallest absolute Gasteiger partial charge is 0.223 e. The third-order valence-corrected chi connectivity index (χ3v) is 3.93. The van der Waals surface area contributed by atoms with Gasteiger partial charge in [0, 0.05) is 38.3 Å². The van der Waals surface area contributed by atoms with Crippen LogP contribution in [-0.4, -0.2) is 36.2 Å². The van der Waals surface area contributed by atoms with E-state index in [1.165, 1.54) is 0 Å². The molecule has 1 aliphatic rings. The summed E-state index contributed by atoms with van der Waals surface area (Å²) in [6.07, 6.45) is 1.52. The molecule has 5 nitrogen and oxygen atoms in total. The van der Waals surface area contributed by atoms with Gasteiger partial charge in [-0.25, -0.2) is 0 Å². The largest absolute Gasteiger partial charge is 0.381 e. The van der Waals surface area contributed by atoms with E-state index >= 15 is 0 Å². The van der Waals surface area contributed by atoms with Crippen LogP contribution in [-0.2, 0) is 16.1 Å². The van der Waals surface area contributed by atoms with Crippen molar-refractivity contribution in [3.8, 4) is 11.3 Å². The van der Waals surface area contributed by atoms with Gasteiger partial charge in [0.2, 0.25) is 5.91 Å². The Balaban J connectivity index is 1.58. The number of amides is 1. The first-order chi connectivity index (χ1) is 10.7. The summed E-state index contributed by atoms with van der Waals surface area (Å²) in [6, 6.07) is 11.7. The first-order valence-corrected chi connectivity index (χ1v) is 7.55. The lowest BCUT2D eigenvalue weighted by Crippen LogP contribution is -2.28. The van der Waals surface area contributed by atoms with Crippen LogP contribution in [0.25, 0.3) is 11.3 Å². The summed E-state index contributed by atoms with van der Waals surface area (Å²) in [5, 5.41) is 4.05. The van der Waals surface area contributed by atoms with Gasteiger partial charge in [-0.2, -0.15) is 0 Å². The first-order valence-electron chi connectivity index (χ1n) is 7.55. The maximum atomic E-state index is 12.2. The monoisotopic (exact) mass is 300 g/mol. The molecule has 1 fully saturated rings. The maximum Gasteiger partial charge on any atom is 0.223 e. The maximum absolute atomic E-state index is 12.2.